The van der Waals surface area contributed by atoms with Gasteiger partial charge in [0, 0.05) is 31.1 Å². The summed E-state index contributed by atoms with van der Waals surface area (Å²) >= 11 is 0. The van der Waals surface area contributed by atoms with E-state index in [1.165, 1.54) is 0 Å². The molecule has 1 aromatic rings. The third kappa shape index (κ3) is 3.80. The average molecular weight is 301 g/mol. The fourth-order valence-electron chi connectivity index (χ4n) is 2.11. The first kappa shape index (κ1) is 16.7. The third-order valence-electron chi connectivity index (χ3n) is 3.33. The molecule has 2 heterocycles. The third-order valence-corrected chi connectivity index (χ3v) is 3.33. The second kappa shape index (κ2) is 6.85. The number of nitrogens with two attached hydrogens (primary N) is 1. The predicted octanol–water partition coefficient (Wildman–Crippen LogP) is 1.65. The van der Waals surface area contributed by atoms with E-state index in [4.69, 9.17) is 10.8 Å². The maximum absolute atomic E-state index is 11.1. The van der Waals surface area contributed by atoms with Crippen LogP contribution in [0.4, 0.5) is 5.82 Å². The number of aromatic carboxylic acids is 1. The number of rotatable bonds is 3. The summed E-state index contributed by atoms with van der Waals surface area (Å²) in [6.45, 7) is 5.54. The average Bonchev–Trinajstić information content (AvgIpc) is 2.39. The fraction of sp³-hybridized carbons (Fsp3) is 0.615. The van der Waals surface area contributed by atoms with Crippen molar-refractivity contribution in [2.45, 2.75) is 38.6 Å². The Kier molecular flexibility index (Phi) is 5.71. The number of piperidine rings is 1. The number of nitrogens with zero attached hydrogens (tertiary/aromatic N) is 3. The SMILES string of the molecule is CC(C)c1nc(C(=O)O)cc(N2CCC(N)CC2)n1.Cl. The van der Waals surface area contributed by atoms with E-state index in [0.717, 1.165) is 25.9 Å². The minimum atomic E-state index is -1.01. The van der Waals surface area contributed by atoms with Gasteiger partial charge in [0.25, 0.3) is 0 Å². The van der Waals surface area contributed by atoms with Crippen molar-refractivity contribution in [3.63, 3.8) is 0 Å². The Balaban J connectivity index is 0.00000200. The van der Waals surface area contributed by atoms with Crippen LogP contribution < -0.4 is 10.6 Å². The first-order chi connectivity index (χ1) is 8.97. The Morgan fingerprint density at radius 1 is 1.40 bits per heavy atom. The molecular formula is C13H21ClN4O2. The van der Waals surface area contributed by atoms with E-state index < -0.39 is 5.97 Å². The van der Waals surface area contributed by atoms with Gasteiger partial charge in [0.1, 0.15) is 11.6 Å². The number of carboxylic acid groups (broad SMARTS) is 1. The molecule has 1 fully saturated rings. The Morgan fingerprint density at radius 2 is 2.00 bits per heavy atom. The van der Waals surface area contributed by atoms with Gasteiger partial charge in [0.05, 0.1) is 0 Å². The Labute approximate surface area is 124 Å². The highest BCUT2D eigenvalue weighted by molar-refractivity contribution is 5.86. The molecule has 0 unspecified atom stereocenters. The summed E-state index contributed by atoms with van der Waals surface area (Å²) in [6.07, 6.45) is 1.81. The zero-order valence-electron chi connectivity index (χ0n) is 11.7. The predicted molar refractivity (Wildman–Crippen MR) is 79.8 cm³/mol. The highest BCUT2D eigenvalue weighted by atomic mass is 35.5. The summed E-state index contributed by atoms with van der Waals surface area (Å²) in [6, 6.07) is 1.78. The molecule has 6 nitrogen and oxygen atoms in total. The van der Waals surface area contributed by atoms with Gasteiger partial charge in [-0.15, -0.1) is 12.4 Å². The molecule has 0 aliphatic carbocycles. The van der Waals surface area contributed by atoms with Crippen LogP contribution in [0, 0.1) is 0 Å². The molecule has 1 aliphatic heterocycles. The smallest absolute Gasteiger partial charge is 0.354 e. The van der Waals surface area contributed by atoms with Gasteiger partial charge in [-0.25, -0.2) is 14.8 Å². The van der Waals surface area contributed by atoms with Crippen LogP contribution in [-0.4, -0.2) is 40.2 Å². The monoisotopic (exact) mass is 300 g/mol. The molecule has 7 heteroatoms. The molecule has 1 aliphatic rings. The van der Waals surface area contributed by atoms with Crippen molar-refractivity contribution in [3.8, 4) is 0 Å². The van der Waals surface area contributed by atoms with Crippen molar-refractivity contribution in [2.24, 2.45) is 5.73 Å². The fourth-order valence-corrected chi connectivity index (χ4v) is 2.11. The number of anilines is 1. The van der Waals surface area contributed by atoms with E-state index in [-0.39, 0.29) is 30.1 Å². The van der Waals surface area contributed by atoms with E-state index in [1.54, 1.807) is 6.07 Å². The number of hydrogen-bond donors (Lipinski definition) is 2. The summed E-state index contributed by atoms with van der Waals surface area (Å²) in [5, 5.41) is 9.13. The Morgan fingerprint density at radius 3 is 2.50 bits per heavy atom. The minimum Gasteiger partial charge on any atom is -0.477 e. The van der Waals surface area contributed by atoms with Crippen molar-refractivity contribution in [2.75, 3.05) is 18.0 Å². The van der Waals surface area contributed by atoms with Crippen LogP contribution >= 0.6 is 12.4 Å². The molecule has 1 aromatic heterocycles. The molecule has 112 valence electrons. The summed E-state index contributed by atoms with van der Waals surface area (Å²) in [5.41, 5.74) is 5.94. The van der Waals surface area contributed by atoms with Crippen LogP contribution in [0.3, 0.4) is 0 Å². The lowest BCUT2D eigenvalue weighted by Gasteiger charge is -2.31. The van der Waals surface area contributed by atoms with Crippen molar-refractivity contribution < 1.29 is 9.90 Å². The summed E-state index contributed by atoms with van der Waals surface area (Å²) in [5.74, 6) is 0.358. The molecule has 0 aromatic carbocycles. The van der Waals surface area contributed by atoms with Gasteiger partial charge in [0.15, 0.2) is 5.69 Å². The van der Waals surface area contributed by atoms with Crippen LogP contribution in [0.15, 0.2) is 6.07 Å². The normalized spacial score (nSPS) is 16.1. The molecule has 0 bridgehead atoms. The van der Waals surface area contributed by atoms with Crippen LogP contribution in [-0.2, 0) is 0 Å². The maximum Gasteiger partial charge on any atom is 0.354 e. The zero-order chi connectivity index (χ0) is 14.0. The van der Waals surface area contributed by atoms with Gasteiger partial charge >= 0.3 is 5.97 Å². The van der Waals surface area contributed by atoms with Crippen molar-refractivity contribution in [1.29, 1.82) is 0 Å². The standard InChI is InChI=1S/C13H20N4O2.ClH/c1-8(2)12-15-10(13(18)19)7-11(16-12)17-5-3-9(14)4-6-17;/h7-9H,3-6,14H2,1-2H3,(H,18,19);1H. The van der Waals surface area contributed by atoms with Crippen molar-refractivity contribution >= 4 is 24.2 Å². The van der Waals surface area contributed by atoms with Crippen LogP contribution in [0.25, 0.3) is 0 Å². The lowest BCUT2D eigenvalue weighted by Crippen LogP contribution is -2.40. The number of halogens is 1. The van der Waals surface area contributed by atoms with Crippen LogP contribution in [0.1, 0.15) is 48.9 Å². The molecule has 0 saturated carbocycles. The van der Waals surface area contributed by atoms with E-state index in [2.05, 4.69) is 14.9 Å². The van der Waals surface area contributed by atoms with Crippen LogP contribution in [0.5, 0.6) is 0 Å². The molecule has 20 heavy (non-hydrogen) atoms. The summed E-state index contributed by atoms with van der Waals surface area (Å²) in [4.78, 5) is 21.8. The number of carbonyl (C=O) groups is 1. The van der Waals surface area contributed by atoms with E-state index in [0.29, 0.717) is 11.6 Å². The largest absolute Gasteiger partial charge is 0.477 e. The zero-order valence-corrected chi connectivity index (χ0v) is 12.6. The van der Waals surface area contributed by atoms with Crippen molar-refractivity contribution in [3.05, 3.63) is 17.6 Å². The van der Waals surface area contributed by atoms with E-state index in [9.17, 15) is 4.79 Å². The highest BCUT2D eigenvalue weighted by Crippen LogP contribution is 2.20. The molecule has 0 spiro atoms. The second-order valence-electron chi connectivity index (χ2n) is 5.25. The first-order valence-electron chi connectivity index (χ1n) is 6.60. The summed E-state index contributed by atoms with van der Waals surface area (Å²) < 4.78 is 0. The quantitative estimate of drug-likeness (QED) is 0.882. The Bertz CT molecular complexity index is 473. The molecular weight excluding hydrogens is 280 g/mol. The first-order valence-corrected chi connectivity index (χ1v) is 6.60. The lowest BCUT2D eigenvalue weighted by molar-refractivity contribution is 0.0690. The van der Waals surface area contributed by atoms with Crippen molar-refractivity contribution in [1.82, 2.24) is 9.97 Å². The highest BCUT2D eigenvalue weighted by Gasteiger charge is 2.20. The topological polar surface area (TPSA) is 92.3 Å². The minimum absolute atomic E-state index is 0. The van der Waals surface area contributed by atoms with Crippen LogP contribution in [0.2, 0.25) is 0 Å². The molecule has 2 rings (SSSR count). The molecule has 0 radical (unpaired) electrons. The van der Waals surface area contributed by atoms with E-state index >= 15 is 0 Å². The van der Waals surface area contributed by atoms with Gasteiger partial charge in [-0.05, 0) is 12.8 Å². The lowest BCUT2D eigenvalue weighted by atomic mass is 10.1. The maximum atomic E-state index is 11.1. The van der Waals surface area contributed by atoms with Gasteiger partial charge in [-0.1, -0.05) is 13.8 Å². The number of carboxylic acids is 1. The Hall–Kier alpha value is -1.40. The van der Waals surface area contributed by atoms with Gasteiger partial charge in [-0.2, -0.15) is 0 Å². The second-order valence-corrected chi connectivity index (χ2v) is 5.25. The van der Waals surface area contributed by atoms with E-state index in [1.807, 2.05) is 13.8 Å². The molecule has 0 atom stereocenters. The molecule has 0 amide bonds. The van der Waals surface area contributed by atoms with Gasteiger partial charge in [-0.3, -0.25) is 0 Å². The van der Waals surface area contributed by atoms with Gasteiger partial charge < -0.3 is 15.7 Å². The number of hydrogen-bond acceptors (Lipinski definition) is 5. The summed E-state index contributed by atoms with van der Waals surface area (Å²) in [7, 11) is 0. The molecule has 1 saturated heterocycles. The molecule has 3 N–H and O–H groups in total. The van der Waals surface area contributed by atoms with Gasteiger partial charge in [0.2, 0.25) is 0 Å². The number of aromatic nitrogens is 2.